The van der Waals surface area contributed by atoms with Gasteiger partial charge in [0.25, 0.3) is 0 Å². The lowest BCUT2D eigenvalue weighted by atomic mass is 9.43. The van der Waals surface area contributed by atoms with Crippen molar-refractivity contribution in [2.24, 2.45) is 45.3 Å². The van der Waals surface area contributed by atoms with Gasteiger partial charge in [0.2, 0.25) is 0 Å². The predicted molar refractivity (Wildman–Crippen MR) is 131 cm³/mol. The summed E-state index contributed by atoms with van der Waals surface area (Å²) in [5.74, 6) is 3.10. The third kappa shape index (κ3) is 2.92. The molecule has 8 unspecified atom stereocenters. The van der Waals surface area contributed by atoms with Crippen molar-refractivity contribution in [1.82, 2.24) is 0 Å². The van der Waals surface area contributed by atoms with E-state index in [1.54, 1.807) is 0 Å². The van der Waals surface area contributed by atoms with Gasteiger partial charge in [-0.1, -0.05) is 39.0 Å². The molecule has 2 nitrogen and oxygen atoms in total. The molecule has 0 aromatic heterocycles. The molecular formula is C30H46O2. The van der Waals surface area contributed by atoms with Crippen LogP contribution in [-0.4, -0.2) is 12.6 Å². The molecule has 1 heterocycles. The Morgan fingerprint density at radius 1 is 1.09 bits per heavy atom. The zero-order chi connectivity index (χ0) is 22.9. The monoisotopic (exact) mass is 438 g/mol. The van der Waals surface area contributed by atoms with Crippen LogP contribution in [0.15, 0.2) is 23.8 Å². The van der Waals surface area contributed by atoms with Gasteiger partial charge in [0.15, 0.2) is 0 Å². The Bertz CT molecular complexity index is 836. The summed E-state index contributed by atoms with van der Waals surface area (Å²) in [5.41, 5.74) is 4.43. The highest BCUT2D eigenvalue weighted by molar-refractivity contribution is 5.70. The molecule has 0 bridgehead atoms. The van der Waals surface area contributed by atoms with Gasteiger partial charge in [0.05, 0.1) is 0 Å². The fourth-order valence-electron chi connectivity index (χ4n) is 10.3. The minimum Gasteiger partial charge on any atom is -0.461 e. The molecule has 178 valence electrons. The van der Waals surface area contributed by atoms with E-state index in [4.69, 9.17) is 4.74 Å². The maximum Gasteiger partial charge on any atom is 0.306 e. The van der Waals surface area contributed by atoms with E-state index in [1.807, 2.05) is 0 Å². The smallest absolute Gasteiger partial charge is 0.306 e. The molecule has 32 heavy (non-hydrogen) atoms. The lowest BCUT2D eigenvalue weighted by Crippen LogP contribution is -2.54. The second kappa shape index (κ2) is 7.47. The first kappa shape index (κ1) is 22.7. The Balaban J connectivity index is 1.41. The van der Waals surface area contributed by atoms with Crippen molar-refractivity contribution in [3.8, 4) is 0 Å². The van der Waals surface area contributed by atoms with Crippen molar-refractivity contribution in [2.75, 3.05) is 6.61 Å². The molecule has 0 radical (unpaired) electrons. The number of cyclic esters (lactones) is 1. The van der Waals surface area contributed by atoms with Crippen molar-refractivity contribution in [3.63, 3.8) is 0 Å². The molecular weight excluding hydrogens is 392 g/mol. The highest BCUT2D eigenvalue weighted by Gasteiger charge is 2.80. The molecule has 0 aromatic carbocycles. The first-order valence-electron chi connectivity index (χ1n) is 13.6. The molecule has 5 aliphatic rings. The summed E-state index contributed by atoms with van der Waals surface area (Å²) in [6, 6.07) is 0. The third-order valence-corrected chi connectivity index (χ3v) is 12.1. The molecule has 5 fully saturated rings. The Morgan fingerprint density at radius 2 is 1.88 bits per heavy atom. The second-order valence-corrected chi connectivity index (χ2v) is 13.3. The molecule has 4 aliphatic carbocycles. The standard InChI is InChI=1S/C30H46O2/c1-20(2)8-7-9-21(3)23-12-14-28(6)25-11-10-24-22(4)18-32-26(31)13-15-29(24)19-30(25,29)17-16-27(23,28)5/h8,21,23-25H,4,7,9-19H2,1-3,5-6H3. The maximum absolute atomic E-state index is 12.2. The molecule has 0 N–H and O–H groups in total. The number of ether oxygens (including phenoxy) is 1. The van der Waals surface area contributed by atoms with Gasteiger partial charge >= 0.3 is 5.97 Å². The van der Waals surface area contributed by atoms with Crippen LogP contribution in [0.4, 0.5) is 0 Å². The predicted octanol–water partition coefficient (Wildman–Crippen LogP) is 7.88. The van der Waals surface area contributed by atoms with Gasteiger partial charge in [-0.15, -0.1) is 0 Å². The van der Waals surface area contributed by atoms with E-state index in [9.17, 15) is 4.79 Å². The Kier molecular flexibility index (Phi) is 5.31. The van der Waals surface area contributed by atoms with Gasteiger partial charge in [-0.05, 0) is 129 Å². The lowest BCUT2D eigenvalue weighted by Gasteiger charge is -2.61. The van der Waals surface area contributed by atoms with E-state index in [0.717, 1.165) is 24.2 Å². The van der Waals surface area contributed by atoms with E-state index >= 15 is 0 Å². The van der Waals surface area contributed by atoms with Crippen molar-refractivity contribution in [2.45, 2.75) is 105 Å². The van der Waals surface area contributed by atoms with Gasteiger partial charge in [0, 0.05) is 6.42 Å². The number of carbonyl (C=O) groups excluding carboxylic acids is 1. The molecule has 2 heteroatoms. The topological polar surface area (TPSA) is 26.3 Å². The minimum atomic E-state index is 0.00105. The van der Waals surface area contributed by atoms with Crippen LogP contribution < -0.4 is 0 Å². The third-order valence-electron chi connectivity index (χ3n) is 12.1. The molecule has 2 spiro atoms. The zero-order valence-electron chi connectivity index (χ0n) is 21.4. The minimum absolute atomic E-state index is 0.00105. The number of carbonyl (C=O) groups is 1. The van der Waals surface area contributed by atoms with E-state index in [-0.39, 0.29) is 5.97 Å². The number of hydrogen-bond donors (Lipinski definition) is 0. The summed E-state index contributed by atoms with van der Waals surface area (Å²) in [4.78, 5) is 12.2. The lowest BCUT2D eigenvalue weighted by molar-refractivity contribution is -0.147. The van der Waals surface area contributed by atoms with Crippen LogP contribution in [0.2, 0.25) is 0 Å². The SMILES string of the molecule is C=C1COC(=O)CCC23CC24CCC2(C)C(C(C)CCC=C(C)C)CCC2(C)C4CCC13. The van der Waals surface area contributed by atoms with Crippen molar-refractivity contribution in [1.29, 1.82) is 0 Å². The number of hydrogen-bond acceptors (Lipinski definition) is 2. The molecule has 0 amide bonds. The highest BCUT2D eigenvalue weighted by Crippen LogP contribution is 2.87. The van der Waals surface area contributed by atoms with Crippen LogP contribution in [0.25, 0.3) is 0 Å². The maximum atomic E-state index is 12.2. The van der Waals surface area contributed by atoms with Gasteiger partial charge < -0.3 is 4.74 Å². The molecule has 1 saturated heterocycles. The average molecular weight is 439 g/mol. The largest absolute Gasteiger partial charge is 0.461 e. The summed E-state index contributed by atoms with van der Waals surface area (Å²) in [7, 11) is 0. The zero-order valence-corrected chi connectivity index (χ0v) is 21.4. The number of fused-ring (bicyclic) bond motifs is 2. The average Bonchev–Trinajstić information content (AvgIpc) is 3.33. The normalized spacial score (nSPS) is 48.2. The van der Waals surface area contributed by atoms with E-state index in [1.165, 1.54) is 68.9 Å². The summed E-state index contributed by atoms with van der Waals surface area (Å²) in [5, 5.41) is 0. The molecule has 5 rings (SSSR count). The van der Waals surface area contributed by atoms with Crippen LogP contribution in [0.5, 0.6) is 0 Å². The molecule has 4 saturated carbocycles. The highest BCUT2D eigenvalue weighted by atomic mass is 16.5. The number of rotatable bonds is 4. The van der Waals surface area contributed by atoms with Gasteiger partial charge in [-0.2, -0.15) is 0 Å². The Hall–Kier alpha value is -1.05. The van der Waals surface area contributed by atoms with Gasteiger partial charge in [0.1, 0.15) is 6.61 Å². The summed E-state index contributed by atoms with van der Waals surface area (Å²) in [6.45, 7) is 17.3. The van der Waals surface area contributed by atoms with Crippen molar-refractivity contribution >= 4 is 5.97 Å². The van der Waals surface area contributed by atoms with Crippen LogP contribution in [0.3, 0.4) is 0 Å². The summed E-state index contributed by atoms with van der Waals surface area (Å²) >= 11 is 0. The van der Waals surface area contributed by atoms with E-state index < -0.39 is 0 Å². The van der Waals surface area contributed by atoms with Crippen LogP contribution in [0, 0.1) is 45.3 Å². The first-order valence-corrected chi connectivity index (χ1v) is 13.6. The van der Waals surface area contributed by atoms with Crippen LogP contribution in [-0.2, 0) is 9.53 Å². The quantitative estimate of drug-likeness (QED) is 0.329. The fourth-order valence-corrected chi connectivity index (χ4v) is 10.3. The van der Waals surface area contributed by atoms with Gasteiger partial charge in [-0.3, -0.25) is 4.79 Å². The number of allylic oxidation sites excluding steroid dienone is 2. The van der Waals surface area contributed by atoms with Crippen LogP contribution >= 0.6 is 0 Å². The Morgan fingerprint density at radius 3 is 2.62 bits per heavy atom. The fraction of sp³-hybridized carbons (Fsp3) is 0.833. The first-order chi connectivity index (χ1) is 15.1. The molecule has 0 aromatic rings. The second-order valence-electron chi connectivity index (χ2n) is 13.3. The summed E-state index contributed by atoms with van der Waals surface area (Å²) < 4.78 is 5.49. The van der Waals surface area contributed by atoms with E-state index in [0.29, 0.717) is 40.6 Å². The Labute approximate surface area is 196 Å². The van der Waals surface area contributed by atoms with Crippen molar-refractivity contribution in [3.05, 3.63) is 23.8 Å². The molecule has 8 atom stereocenters. The number of esters is 1. The van der Waals surface area contributed by atoms with Crippen molar-refractivity contribution < 1.29 is 9.53 Å². The summed E-state index contributed by atoms with van der Waals surface area (Å²) in [6.07, 6.45) is 16.3. The van der Waals surface area contributed by atoms with Crippen LogP contribution in [0.1, 0.15) is 105 Å². The van der Waals surface area contributed by atoms with Gasteiger partial charge in [-0.25, -0.2) is 0 Å². The molecule has 1 aliphatic heterocycles. The van der Waals surface area contributed by atoms with E-state index in [2.05, 4.69) is 47.3 Å².